The largest absolute Gasteiger partial charge is 0.338 e. The van der Waals surface area contributed by atoms with E-state index >= 15 is 0 Å². The number of urea groups is 1. The summed E-state index contributed by atoms with van der Waals surface area (Å²) in [6.07, 6.45) is 20.6. The van der Waals surface area contributed by atoms with E-state index in [2.05, 4.69) is 34.3 Å². The van der Waals surface area contributed by atoms with Crippen LogP contribution in [0.15, 0.2) is 24.5 Å². The van der Waals surface area contributed by atoms with E-state index in [1.807, 2.05) is 12.4 Å². The zero-order valence-electron chi connectivity index (χ0n) is 19.7. The molecule has 31 heavy (non-hydrogen) atoms. The first-order valence-corrected chi connectivity index (χ1v) is 13.1. The number of nitrogens with one attached hydrogen (secondary N) is 1. The summed E-state index contributed by atoms with van der Waals surface area (Å²) in [6, 6.07) is 4.29. The highest BCUT2D eigenvalue weighted by Gasteiger charge is 2.51. The fourth-order valence-electron chi connectivity index (χ4n) is 7.06. The third-order valence-corrected chi connectivity index (χ3v) is 8.62. The van der Waals surface area contributed by atoms with Crippen LogP contribution in [0.2, 0.25) is 0 Å². The molecule has 1 heterocycles. The van der Waals surface area contributed by atoms with Crippen molar-refractivity contribution in [2.75, 3.05) is 19.6 Å². The monoisotopic (exact) mass is 425 g/mol. The number of pyridine rings is 1. The summed E-state index contributed by atoms with van der Waals surface area (Å²) in [6.45, 7) is 4.86. The van der Waals surface area contributed by atoms with Gasteiger partial charge in [-0.2, -0.15) is 0 Å². The lowest BCUT2D eigenvalue weighted by atomic mass is 9.71. The minimum Gasteiger partial charge on any atom is -0.338 e. The Hall–Kier alpha value is -1.58. The number of carbonyl (C=O) groups excluding carboxylic acids is 1. The summed E-state index contributed by atoms with van der Waals surface area (Å²) < 4.78 is 0. The fraction of sp³-hybridized carbons (Fsp3) is 0.778. The maximum Gasteiger partial charge on any atom is 0.317 e. The standard InChI is InChI=1S/C27H43N3O/c1-2-3-4-16-30(26(31)29-13-6-8-22-9-14-28-15-10-22)17-12-27-11-5-7-23-18-24(21-27)20-25(27)19-23/h9-10,14-15,23-25H,2-8,11-13,16-21H2,1H3,(H,29,31). The molecular formula is C27H43N3O. The van der Waals surface area contributed by atoms with Gasteiger partial charge in [0.25, 0.3) is 0 Å². The molecule has 1 aromatic heterocycles. The number of aryl methyl sites for hydroxylation is 1. The third-order valence-electron chi connectivity index (χ3n) is 8.62. The van der Waals surface area contributed by atoms with Gasteiger partial charge in [-0.05, 0) is 98.7 Å². The number of unbranched alkanes of at least 4 members (excludes halogenated alkanes) is 2. The highest BCUT2D eigenvalue weighted by molar-refractivity contribution is 5.74. The summed E-state index contributed by atoms with van der Waals surface area (Å²) in [5.74, 6) is 2.94. The SMILES string of the molecule is CCCCCN(CCC12CCCC3CC(CC1C3)C2)C(=O)NCCCc1ccncc1. The molecule has 3 bridgehead atoms. The van der Waals surface area contributed by atoms with Crippen LogP contribution in [-0.2, 0) is 6.42 Å². The van der Waals surface area contributed by atoms with Gasteiger partial charge in [0.2, 0.25) is 0 Å². The van der Waals surface area contributed by atoms with Crippen molar-refractivity contribution in [2.24, 2.45) is 23.2 Å². The van der Waals surface area contributed by atoms with Crippen LogP contribution in [-0.4, -0.2) is 35.5 Å². The fourth-order valence-corrected chi connectivity index (χ4v) is 7.06. The first-order valence-electron chi connectivity index (χ1n) is 13.1. The van der Waals surface area contributed by atoms with Crippen molar-refractivity contribution in [3.63, 3.8) is 0 Å². The average Bonchev–Trinajstić information content (AvgIpc) is 2.95. The molecule has 1 N–H and O–H groups in total. The van der Waals surface area contributed by atoms with E-state index in [0.717, 1.165) is 56.7 Å². The lowest BCUT2D eigenvalue weighted by Gasteiger charge is -2.37. The van der Waals surface area contributed by atoms with Gasteiger partial charge in [-0.1, -0.05) is 32.6 Å². The van der Waals surface area contributed by atoms with Crippen molar-refractivity contribution in [3.8, 4) is 0 Å². The van der Waals surface area contributed by atoms with Gasteiger partial charge in [-0.25, -0.2) is 4.79 Å². The number of fused-ring (bicyclic) bond motifs is 2. The number of hydrogen-bond acceptors (Lipinski definition) is 2. The zero-order chi connectivity index (χ0) is 21.5. The summed E-state index contributed by atoms with van der Waals surface area (Å²) in [4.78, 5) is 19.3. The number of nitrogens with zero attached hydrogens (tertiary/aromatic N) is 2. The molecular weight excluding hydrogens is 382 g/mol. The van der Waals surface area contributed by atoms with Crippen LogP contribution < -0.4 is 5.32 Å². The number of aromatic nitrogens is 1. The van der Waals surface area contributed by atoms with Gasteiger partial charge in [0.1, 0.15) is 0 Å². The van der Waals surface area contributed by atoms with Crippen LogP contribution in [0.25, 0.3) is 0 Å². The van der Waals surface area contributed by atoms with Crippen molar-refractivity contribution in [1.82, 2.24) is 15.2 Å². The number of carbonyl (C=O) groups is 1. The Balaban J connectivity index is 1.28. The molecule has 4 atom stereocenters. The quantitative estimate of drug-likeness (QED) is 0.428. The molecule has 0 saturated heterocycles. The van der Waals surface area contributed by atoms with Gasteiger partial charge >= 0.3 is 6.03 Å². The van der Waals surface area contributed by atoms with Gasteiger partial charge in [0.05, 0.1) is 0 Å². The van der Waals surface area contributed by atoms with Crippen LogP contribution >= 0.6 is 0 Å². The maximum atomic E-state index is 13.1. The number of amides is 2. The van der Waals surface area contributed by atoms with Gasteiger partial charge in [0, 0.05) is 32.0 Å². The van der Waals surface area contributed by atoms with Crippen molar-refractivity contribution in [2.45, 2.75) is 90.4 Å². The Morgan fingerprint density at radius 1 is 1.13 bits per heavy atom. The molecule has 0 aliphatic heterocycles. The maximum absolute atomic E-state index is 13.1. The van der Waals surface area contributed by atoms with E-state index in [9.17, 15) is 4.79 Å². The average molecular weight is 426 g/mol. The van der Waals surface area contributed by atoms with E-state index in [1.165, 1.54) is 69.8 Å². The molecule has 4 rings (SSSR count). The second kappa shape index (κ2) is 10.8. The first-order chi connectivity index (χ1) is 15.2. The lowest BCUT2D eigenvalue weighted by molar-refractivity contribution is 0.134. The Morgan fingerprint density at radius 3 is 2.81 bits per heavy atom. The van der Waals surface area contributed by atoms with Crippen LogP contribution in [0, 0.1) is 23.2 Å². The zero-order valence-corrected chi connectivity index (χ0v) is 19.7. The van der Waals surface area contributed by atoms with E-state index < -0.39 is 0 Å². The topological polar surface area (TPSA) is 45.2 Å². The van der Waals surface area contributed by atoms with Crippen molar-refractivity contribution >= 4 is 6.03 Å². The third kappa shape index (κ3) is 5.81. The van der Waals surface area contributed by atoms with Gasteiger partial charge in [0.15, 0.2) is 0 Å². The molecule has 3 aliphatic carbocycles. The molecule has 1 aromatic rings. The second-order valence-electron chi connectivity index (χ2n) is 10.7. The smallest absolute Gasteiger partial charge is 0.317 e. The Morgan fingerprint density at radius 2 is 1.97 bits per heavy atom. The van der Waals surface area contributed by atoms with Crippen molar-refractivity contribution in [3.05, 3.63) is 30.1 Å². The summed E-state index contributed by atoms with van der Waals surface area (Å²) in [5.41, 5.74) is 1.84. The van der Waals surface area contributed by atoms with E-state index in [4.69, 9.17) is 0 Å². The predicted octanol–water partition coefficient (Wildman–Crippen LogP) is 6.21. The molecule has 3 aliphatic rings. The van der Waals surface area contributed by atoms with Crippen LogP contribution in [0.4, 0.5) is 4.79 Å². The van der Waals surface area contributed by atoms with Crippen LogP contribution in [0.3, 0.4) is 0 Å². The Kier molecular flexibility index (Phi) is 7.90. The molecule has 3 fully saturated rings. The summed E-state index contributed by atoms with van der Waals surface area (Å²) in [5, 5.41) is 3.23. The molecule has 0 radical (unpaired) electrons. The Labute approximate surface area is 189 Å². The van der Waals surface area contributed by atoms with Crippen molar-refractivity contribution < 1.29 is 4.79 Å². The van der Waals surface area contributed by atoms with Crippen molar-refractivity contribution in [1.29, 1.82) is 0 Å². The van der Waals surface area contributed by atoms with E-state index in [-0.39, 0.29) is 6.03 Å². The molecule has 0 aromatic carbocycles. The van der Waals surface area contributed by atoms with Gasteiger partial charge < -0.3 is 10.2 Å². The van der Waals surface area contributed by atoms with E-state index in [1.54, 1.807) is 0 Å². The van der Waals surface area contributed by atoms with Crippen LogP contribution in [0.5, 0.6) is 0 Å². The second-order valence-corrected chi connectivity index (χ2v) is 10.7. The normalized spacial score (nSPS) is 29.0. The highest BCUT2D eigenvalue weighted by atomic mass is 16.2. The molecule has 4 heteroatoms. The number of hydrogen-bond donors (Lipinski definition) is 1. The molecule has 2 amide bonds. The summed E-state index contributed by atoms with van der Waals surface area (Å²) >= 11 is 0. The van der Waals surface area contributed by atoms with Gasteiger partial charge in [-0.15, -0.1) is 0 Å². The molecule has 4 nitrogen and oxygen atoms in total. The predicted molar refractivity (Wildman–Crippen MR) is 127 cm³/mol. The molecule has 3 saturated carbocycles. The minimum absolute atomic E-state index is 0.162. The highest BCUT2D eigenvalue weighted by Crippen LogP contribution is 2.61. The summed E-state index contributed by atoms with van der Waals surface area (Å²) in [7, 11) is 0. The Bertz CT molecular complexity index is 693. The van der Waals surface area contributed by atoms with E-state index in [0.29, 0.717) is 5.41 Å². The minimum atomic E-state index is 0.162. The van der Waals surface area contributed by atoms with Crippen LogP contribution in [0.1, 0.15) is 89.5 Å². The number of rotatable bonds is 11. The lowest BCUT2D eigenvalue weighted by Crippen LogP contribution is -2.43. The van der Waals surface area contributed by atoms with Gasteiger partial charge in [-0.3, -0.25) is 4.98 Å². The molecule has 0 spiro atoms. The molecule has 4 unspecified atom stereocenters. The molecule has 172 valence electrons. The first kappa shape index (κ1) is 22.6.